The molecule has 1 fully saturated rings. The zero-order valence-electron chi connectivity index (χ0n) is 23.4. The molecule has 0 radical (unpaired) electrons. The zero-order chi connectivity index (χ0) is 26.4. The first-order valence-corrected chi connectivity index (χ1v) is 14.5. The Labute approximate surface area is 229 Å². The second-order valence-corrected chi connectivity index (χ2v) is 11.9. The molecular weight excluding hydrogens is 456 g/mol. The Morgan fingerprint density at radius 3 is 2.63 bits per heavy atom. The lowest BCUT2D eigenvalue weighted by molar-refractivity contribution is 0.618. The van der Waals surface area contributed by atoms with Crippen LogP contribution in [0.3, 0.4) is 0 Å². The number of hydrogen-bond acceptors (Lipinski definition) is 0. The van der Waals surface area contributed by atoms with Gasteiger partial charge >= 0.3 is 0 Å². The second kappa shape index (κ2) is 10.1. The zero-order valence-corrected chi connectivity index (χ0v) is 23.4. The molecule has 2 aromatic carbocycles. The summed E-state index contributed by atoms with van der Waals surface area (Å²) in [7, 11) is 0. The number of allylic oxidation sites excluding steroid dienone is 12. The maximum atomic E-state index is 4.76. The van der Waals surface area contributed by atoms with Gasteiger partial charge in [0.15, 0.2) is 0 Å². The van der Waals surface area contributed by atoms with Crippen LogP contribution in [0.5, 0.6) is 0 Å². The van der Waals surface area contributed by atoms with Gasteiger partial charge in [-0.15, -0.1) is 0 Å². The Kier molecular flexibility index (Phi) is 6.60. The number of hydrogen-bond donors (Lipinski definition) is 0. The summed E-state index contributed by atoms with van der Waals surface area (Å²) in [4.78, 5) is 0. The molecule has 1 saturated carbocycles. The fourth-order valence-electron chi connectivity index (χ4n) is 7.33. The van der Waals surface area contributed by atoms with Gasteiger partial charge in [0, 0.05) is 11.8 Å². The first-order valence-electron chi connectivity index (χ1n) is 14.5. The molecule has 0 N–H and O–H groups in total. The highest BCUT2D eigenvalue weighted by Crippen LogP contribution is 2.55. The maximum absolute atomic E-state index is 4.76. The molecule has 0 heteroatoms. The normalized spacial score (nSPS) is 23.4. The van der Waals surface area contributed by atoms with E-state index in [1.165, 1.54) is 80.5 Å². The van der Waals surface area contributed by atoms with Crippen LogP contribution < -0.4 is 0 Å². The van der Waals surface area contributed by atoms with Crippen molar-refractivity contribution in [2.45, 2.75) is 71.6 Å². The van der Waals surface area contributed by atoms with E-state index >= 15 is 0 Å². The van der Waals surface area contributed by atoms with E-state index in [1.54, 1.807) is 11.1 Å². The van der Waals surface area contributed by atoms with Gasteiger partial charge in [0.25, 0.3) is 0 Å². The van der Waals surface area contributed by atoms with Gasteiger partial charge in [0.2, 0.25) is 0 Å². The summed E-state index contributed by atoms with van der Waals surface area (Å²) >= 11 is 0. The van der Waals surface area contributed by atoms with E-state index in [4.69, 9.17) is 6.58 Å². The van der Waals surface area contributed by atoms with Crippen molar-refractivity contribution in [2.75, 3.05) is 0 Å². The third kappa shape index (κ3) is 4.45. The van der Waals surface area contributed by atoms with Crippen molar-refractivity contribution in [3.05, 3.63) is 147 Å². The SMILES string of the molecule is C=C(CCC)C1=C(C)C=C2C/C(=C\C3=CC=C(c4cccc(C)c4)C3)C(=C)C2C1c1ccc2c(c1)CCC2. The Balaban J connectivity index is 1.32. The fourth-order valence-corrected chi connectivity index (χ4v) is 7.33. The van der Waals surface area contributed by atoms with E-state index in [9.17, 15) is 0 Å². The van der Waals surface area contributed by atoms with Gasteiger partial charge in [-0.25, -0.2) is 0 Å². The lowest BCUT2D eigenvalue weighted by Gasteiger charge is -2.35. The predicted octanol–water partition coefficient (Wildman–Crippen LogP) is 10.1. The molecule has 192 valence electrons. The van der Waals surface area contributed by atoms with Gasteiger partial charge in [0.1, 0.15) is 0 Å². The molecule has 0 aliphatic heterocycles. The van der Waals surface area contributed by atoms with Crippen LogP contribution >= 0.6 is 0 Å². The lowest BCUT2D eigenvalue weighted by atomic mass is 9.69. The molecule has 0 nitrogen and oxygen atoms in total. The van der Waals surface area contributed by atoms with Crippen molar-refractivity contribution in [2.24, 2.45) is 5.92 Å². The van der Waals surface area contributed by atoms with Crippen molar-refractivity contribution < 1.29 is 0 Å². The molecule has 0 amide bonds. The number of fused-ring (bicyclic) bond motifs is 2. The monoisotopic (exact) mass is 496 g/mol. The van der Waals surface area contributed by atoms with Gasteiger partial charge in [-0.2, -0.15) is 0 Å². The molecule has 6 rings (SSSR count). The topological polar surface area (TPSA) is 0 Å². The van der Waals surface area contributed by atoms with Crippen LogP contribution in [0, 0.1) is 12.8 Å². The maximum Gasteiger partial charge on any atom is 0.0201 e. The molecule has 38 heavy (non-hydrogen) atoms. The van der Waals surface area contributed by atoms with Gasteiger partial charge in [-0.05, 0) is 108 Å². The standard InChI is InChI=1S/C38H40/c1-6-9-25(3)36-26(4)19-35-23-34(21-28-14-15-32(20-28)30-12-7-10-24(2)18-30)27(5)37(35)38(36)33-17-16-29-11-8-13-31(29)22-33/h7,10,12,14-19,21-22,37-38H,3,5-6,8-9,11,13,20,23H2,1-2,4H3/b34-21+. The Morgan fingerprint density at radius 1 is 0.974 bits per heavy atom. The lowest BCUT2D eigenvalue weighted by Crippen LogP contribution is -2.21. The number of aryl methyl sites for hydroxylation is 3. The first-order chi connectivity index (χ1) is 18.4. The van der Waals surface area contributed by atoms with Crippen molar-refractivity contribution in [3.8, 4) is 0 Å². The van der Waals surface area contributed by atoms with Gasteiger partial charge in [0.05, 0.1) is 0 Å². The minimum atomic E-state index is 0.317. The van der Waals surface area contributed by atoms with E-state index in [2.05, 4.69) is 94.1 Å². The molecule has 2 unspecified atom stereocenters. The van der Waals surface area contributed by atoms with E-state index in [1.807, 2.05) is 0 Å². The minimum Gasteiger partial charge on any atom is -0.0955 e. The van der Waals surface area contributed by atoms with E-state index < -0.39 is 0 Å². The fraction of sp³-hybridized carbons (Fsp3) is 0.316. The average molecular weight is 497 g/mol. The summed E-state index contributed by atoms with van der Waals surface area (Å²) < 4.78 is 0. The van der Waals surface area contributed by atoms with Crippen molar-refractivity contribution >= 4 is 5.57 Å². The summed E-state index contributed by atoms with van der Waals surface area (Å²) in [5.74, 6) is 0.649. The summed E-state index contributed by atoms with van der Waals surface area (Å²) in [6, 6.07) is 16.2. The number of benzene rings is 2. The highest BCUT2D eigenvalue weighted by atomic mass is 14.4. The molecule has 0 heterocycles. The molecule has 4 aliphatic rings. The molecule has 0 saturated heterocycles. The summed E-state index contributed by atoms with van der Waals surface area (Å²) in [6.07, 6.45) is 17.4. The van der Waals surface area contributed by atoms with E-state index in [0.717, 1.165) is 25.7 Å². The van der Waals surface area contributed by atoms with Crippen LogP contribution in [0.1, 0.15) is 79.7 Å². The third-order valence-corrected chi connectivity index (χ3v) is 9.11. The van der Waals surface area contributed by atoms with Crippen LogP contribution in [0.2, 0.25) is 0 Å². The molecule has 0 spiro atoms. The highest BCUT2D eigenvalue weighted by Gasteiger charge is 2.41. The Bertz CT molecular complexity index is 1490. The largest absolute Gasteiger partial charge is 0.0955 e. The van der Waals surface area contributed by atoms with Crippen LogP contribution in [-0.2, 0) is 12.8 Å². The molecular formula is C38H40. The van der Waals surface area contributed by atoms with Gasteiger partial charge < -0.3 is 0 Å². The molecule has 2 atom stereocenters. The van der Waals surface area contributed by atoms with E-state index in [-0.39, 0.29) is 0 Å². The third-order valence-electron chi connectivity index (χ3n) is 9.11. The Morgan fingerprint density at radius 2 is 1.82 bits per heavy atom. The van der Waals surface area contributed by atoms with Crippen LogP contribution in [0.15, 0.2) is 119 Å². The van der Waals surface area contributed by atoms with Crippen LogP contribution in [0.4, 0.5) is 0 Å². The van der Waals surface area contributed by atoms with Crippen molar-refractivity contribution in [3.63, 3.8) is 0 Å². The molecule has 2 aromatic rings. The van der Waals surface area contributed by atoms with Crippen molar-refractivity contribution in [1.29, 1.82) is 0 Å². The first kappa shape index (κ1) is 24.9. The van der Waals surface area contributed by atoms with Gasteiger partial charge in [-0.3, -0.25) is 0 Å². The van der Waals surface area contributed by atoms with E-state index in [0.29, 0.717) is 11.8 Å². The molecule has 4 aliphatic carbocycles. The second-order valence-electron chi connectivity index (χ2n) is 11.9. The quantitative estimate of drug-likeness (QED) is 0.373. The highest BCUT2D eigenvalue weighted by molar-refractivity contribution is 5.74. The summed E-state index contributed by atoms with van der Waals surface area (Å²) in [5.41, 5.74) is 18.4. The summed E-state index contributed by atoms with van der Waals surface area (Å²) in [5, 5.41) is 0. The average Bonchev–Trinajstić information content (AvgIpc) is 3.63. The summed E-state index contributed by atoms with van der Waals surface area (Å²) in [6.45, 7) is 16.1. The minimum absolute atomic E-state index is 0.317. The van der Waals surface area contributed by atoms with Crippen molar-refractivity contribution in [1.82, 2.24) is 0 Å². The Hall–Kier alpha value is -3.38. The van der Waals surface area contributed by atoms with Crippen LogP contribution in [-0.4, -0.2) is 0 Å². The predicted molar refractivity (Wildman–Crippen MR) is 163 cm³/mol. The molecule has 0 aromatic heterocycles. The smallest absolute Gasteiger partial charge is 0.0201 e. The molecule has 0 bridgehead atoms. The van der Waals surface area contributed by atoms with Crippen LogP contribution in [0.25, 0.3) is 5.57 Å². The number of rotatable bonds is 6. The van der Waals surface area contributed by atoms with Gasteiger partial charge in [-0.1, -0.05) is 110 Å².